The van der Waals surface area contributed by atoms with E-state index in [0.717, 1.165) is 8.97 Å². The number of benzene rings is 2. The van der Waals surface area contributed by atoms with E-state index >= 15 is 0 Å². The normalized spacial score (nSPS) is 20.2. The monoisotopic (exact) mass is 996 g/mol. The van der Waals surface area contributed by atoms with Crippen LogP contribution in [0, 0.1) is 59.4 Å². The number of fused-ring (bicyclic) bond motifs is 2. The molecule has 4 aliphatic carbocycles. The van der Waals surface area contributed by atoms with Crippen LogP contribution in [0.1, 0.15) is 25.0 Å². The SMILES string of the molecule is C[C]1[CH][C]2[C](C=CC=C2c2ccc([N+](C)(C)C)cc2)[C]1[Si](C)(C)[C]1[C](C)[CH][C]2[C]1C=CC=C2c1ccc([N+](C)(C)C)cc1.[Cl][Zr+2][Cl].[I-].[I-]. The molecular formula is C40H46Cl2I2N2SiZr+2. The van der Waals surface area contributed by atoms with Gasteiger partial charge in [-0.05, 0) is 107 Å². The Morgan fingerprint density at radius 2 is 0.854 bits per heavy atom. The van der Waals surface area contributed by atoms with Crippen molar-refractivity contribution >= 4 is 47.6 Å². The third-order valence-electron chi connectivity index (χ3n) is 9.42. The van der Waals surface area contributed by atoms with Crippen LogP contribution in [0.3, 0.4) is 0 Å². The quantitative estimate of drug-likeness (QED) is 0.234. The van der Waals surface area contributed by atoms with Crippen LogP contribution in [0.4, 0.5) is 11.4 Å². The number of halogens is 4. The number of hydrogen-bond acceptors (Lipinski definition) is 0. The average molecular weight is 999 g/mol. The first kappa shape index (κ1) is 42.9. The van der Waals surface area contributed by atoms with Crippen molar-refractivity contribution in [2.24, 2.45) is 0 Å². The summed E-state index contributed by atoms with van der Waals surface area (Å²) in [5.41, 5.74) is 11.0. The first-order valence-corrected chi connectivity index (χ1v) is 25.1. The van der Waals surface area contributed by atoms with Gasteiger partial charge in [0.25, 0.3) is 0 Å². The van der Waals surface area contributed by atoms with E-state index in [4.69, 9.17) is 17.0 Å². The van der Waals surface area contributed by atoms with Crippen LogP contribution in [0.5, 0.6) is 0 Å². The van der Waals surface area contributed by atoms with Crippen molar-refractivity contribution in [2.45, 2.75) is 26.9 Å². The Bertz CT molecular complexity index is 1390. The van der Waals surface area contributed by atoms with Gasteiger partial charge in [-0.15, -0.1) is 0 Å². The molecule has 250 valence electrons. The van der Waals surface area contributed by atoms with Crippen LogP contribution in [0.15, 0.2) is 85.0 Å². The molecule has 48 heavy (non-hydrogen) atoms. The van der Waals surface area contributed by atoms with Crippen molar-refractivity contribution in [2.75, 3.05) is 42.3 Å². The smallest absolute Gasteiger partial charge is 1.00 e. The molecule has 0 atom stereocenters. The maximum atomic E-state index is 4.93. The van der Waals surface area contributed by atoms with E-state index < -0.39 is 28.9 Å². The van der Waals surface area contributed by atoms with Crippen molar-refractivity contribution in [3.63, 3.8) is 0 Å². The van der Waals surface area contributed by atoms with E-state index in [-0.39, 0.29) is 48.0 Å². The van der Waals surface area contributed by atoms with Gasteiger partial charge in [0, 0.05) is 23.7 Å². The van der Waals surface area contributed by atoms with Gasteiger partial charge in [-0.2, -0.15) is 0 Å². The summed E-state index contributed by atoms with van der Waals surface area (Å²) >= 11 is -0.826. The Hall–Kier alpha value is 0.460. The van der Waals surface area contributed by atoms with Gasteiger partial charge >= 0.3 is 37.9 Å². The maximum Gasteiger partial charge on any atom is -1.00 e. The van der Waals surface area contributed by atoms with Crippen LogP contribution in [0.2, 0.25) is 13.1 Å². The molecule has 2 aromatic carbocycles. The molecule has 6 rings (SSSR count). The Labute approximate surface area is 346 Å². The van der Waals surface area contributed by atoms with Gasteiger partial charge in [0.15, 0.2) is 0 Å². The zero-order chi connectivity index (χ0) is 33.6. The summed E-state index contributed by atoms with van der Waals surface area (Å²) in [6.07, 6.45) is 18.7. The number of nitrogens with zero attached hydrogens (tertiary/aromatic N) is 2. The third-order valence-corrected chi connectivity index (χ3v) is 13.2. The van der Waals surface area contributed by atoms with Crippen molar-refractivity contribution in [3.8, 4) is 0 Å². The minimum Gasteiger partial charge on any atom is -1.00 e. The topological polar surface area (TPSA) is 0 Å². The second-order valence-corrected chi connectivity index (χ2v) is 22.7. The molecule has 2 aromatic rings. The second kappa shape index (κ2) is 17.1. The zero-order valence-corrected chi connectivity index (χ0v) is 38.9. The summed E-state index contributed by atoms with van der Waals surface area (Å²) < 4.78 is 1.64. The molecule has 2 nitrogen and oxygen atoms in total. The standard InChI is InChI=1S/C40H46N2Si.2ClH.2HI.Zr/c1-27-25-37-33(29-17-21-31(22-18-29)41(3,4)5)13-11-15-35(37)39(27)43(9,10)40-28(2)26-38-34(14-12-16-36(38)40)30-19-23-32(24-20-30)42(6,7)8;;;;;/h11-26H,1-10H3;4*1H;/q+2;;;;;+4/p-4. The summed E-state index contributed by atoms with van der Waals surface area (Å²) in [6, 6.07) is 18.3. The Kier molecular flexibility index (Phi) is 15.2. The Morgan fingerprint density at radius 3 is 1.15 bits per heavy atom. The van der Waals surface area contributed by atoms with Gasteiger partial charge in [-0.25, -0.2) is 0 Å². The van der Waals surface area contributed by atoms with Crippen LogP contribution in [0.25, 0.3) is 11.1 Å². The molecule has 0 aromatic heterocycles. The number of quaternary nitrogens is 2. The largest absolute Gasteiger partial charge is 1.00 e. The Balaban J connectivity index is 0.00000121. The Morgan fingerprint density at radius 1 is 0.542 bits per heavy atom. The van der Waals surface area contributed by atoms with Crippen LogP contribution >= 0.6 is 17.0 Å². The minimum atomic E-state index is -2.09. The van der Waals surface area contributed by atoms with Gasteiger partial charge in [0.05, 0.1) is 50.4 Å². The van der Waals surface area contributed by atoms with Crippen molar-refractivity contribution in [3.05, 3.63) is 156 Å². The van der Waals surface area contributed by atoms with Crippen molar-refractivity contribution in [1.82, 2.24) is 8.97 Å². The fraction of sp³-hybridized carbons (Fsp3) is 0.250. The molecule has 0 bridgehead atoms. The van der Waals surface area contributed by atoms with Crippen molar-refractivity contribution < 1.29 is 68.8 Å². The minimum absolute atomic E-state index is 0. The molecule has 2 saturated carbocycles. The predicted molar refractivity (Wildman–Crippen MR) is 201 cm³/mol. The van der Waals surface area contributed by atoms with Crippen LogP contribution < -0.4 is 56.9 Å². The van der Waals surface area contributed by atoms with E-state index in [1.807, 2.05) is 0 Å². The summed E-state index contributed by atoms with van der Waals surface area (Å²) in [6.45, 7) is 9.77. The van der Waals surface area contributed by atoms with E-state index in [2.05, 4.69) is 167 Å². The van der Waals surface area contributed by atoms with Crippen LogP contribution in [-0.4, -0.2) is 50.4 Å². The fourth-order valence-electron chi connectivity index (χ4n) is 7.34. The van der Waals surface area contributed by atoms with E-state index in [0.29, 0.717) is 0 Å². The molecule has 10 radical (unpaired) electrons. The summed E-state index contributed by atoms with van der Waals surface area (Å²) in [7, 11) is 21.1. The number of hydrogen-bond donors (Lipinski definition) is 0. The van der Waals surface area contributed by atoms with E-state index in [9.17, 15) is 0 Å². The van der Waals surface area contributed by atoms with Gasteiger partial charge in [-0.3, -0.25) is 8.97 Å². The molecular weight excluding hydrogens is 952 g/mol. The molecule has 0 saturated heterocycles. The second-order valence-electron chi connectivity index (χ2n) is 14.8. The molecule has 0 spiro atoms. The van der Waals surface area contributed by atoms with Gasteiger partial charge in [0.1, 0.15) is 11.4 Å². The molecule has 0 unspecified atom stereocenters. The molecule has 0 amide bonds. The average Bonchev–Trinajstić information content (AvgIpc) is 3.53. The summed E-state index contributed by atoms with van der Waals surface area (Å²) in [4.78, 5) is 0. The zero-order valence-electron chi connectivity index (χ0n) is 29.6. The molecule has 4 aliphatic rings. The van der Waals surface area contributed by atoms with Gasteiger partial charge in [0.2, 0.25) is 0 Å². The first-order valence-electron chi connectivity index (χ1n) is 15.8. The van der Waals surface area contributed by atoms with E-state index in [1.54, 1.807) is 11.1 Å². The first-order chi connectivity index (χ1) is 21.6. The van der Waals surface area contributed by atoms with E-state index in [1.165, 1.54) is 69.2 Å². The number of rotatable bonds is 6. The van der Waals surface area contributed by atoms with Gasteiger partial charge < -0.3 is 48.0 Å². The molecule has 0 aliphatic heterocycles. The van der Waals surface area contributed by atoms with Gasteiger partial charge in [-0.1, -0.05) is 63.4 Å². The van der Waals surface area contributed by atoms with Crippen LogP contribution in [-0.2, 0) is 20.8 Å². The number of allylic oxidation sites excluding steroid dienone is 8. The molecule has 8 heteroatoms. The molecule has 0 N–H and O–H groups in total. The predicted octanol–water partition coefficient (Wildman–Crippen LogP) is 3.93. The summed E-state index contributed by atoms with van der Waals surface area (Å²) in [5, 5.41) is 0. The molecule has 0 heterocycles. The molecule has 2 fully saturated rings. The van der Waals surface area contributed by atoms with Crippen molar-refractivity contribution in [1.29, 1.82) is 0 Å². The fourth-order valence-corrected chi connectivity index (χ4v) is 11.5. The third kappa shape index (κ3) is 8.80. The summed E-state index contributed by atoms with van der Waals surface area (Å²) in [5.74, 6) is 8.43. The maximum absolute atomic E-state index is 4.93.